The number of esters is 3. The number of hydrogen-bond donors (Lipinski definition) is 0. The van der Waals surface area contributed by atoms with E-state index in [1.54, 1.807) is 0 Å². The minimum absolute atomic E-state index is 0.0604. The molecule has 1 atom stereocenters. The van der Waals surface area contributed by atoms with Crippen molar-refractivity contribution < 1.29 is 28.6 Å². The summed E-state index contributed by atoms with van der Waals surface area (Å²) in [5.41, 5.74) is 0. The van der Waals surface area contributed by atoms with E-state index < -0.39 is 6.10 Å². The zero-order chi connectivity index (χ0) is 57.1. The molecule has 0 spiro atoms. The second-order valence-electron chi connectivity index (χ2n) is 25.2. The van der Waals surface area contributed by atoms with Crippen LogP contribution in [-0.2, 0) is 28.6 Å². The maximum absolute atomic E-state index is 12.9. The second-order valence-corrected chi connectivity index (χ2v) is 25.2. The molecule has 470 valence electrons. The Balaban J connectivity index is 4.03. The van der Waals surface area contributed by atoms with Crippen LogP contribution < -0.4 is 0 Å². The van der Waals surface area contributed by atoms with E-state index in [1.165, 1.54) is 334 Å². The van der Waals surface area contributed by atoms with Crippen LogP contribution in [0.4, 0.5) is 0 Å². The van der Waals surface area contributed by atoms with E-state index in [1.807, 2.05) is 0 Å². The third kappa shape index (κ3) is 67.1. The first-order valence-electron chi connectivity index (χ1n) is 36.5. The fourth-order valence-electron chi connectivity index (χ4n) is 11.6. The van der Waals surface area contributed by atoms with Crippen LogP contribution >= 0.6 is 0 Å². The van der Waals surface area contributed by atoms with Crippen molar-refractivity contribution in [2.24, 2.45) is 0 Å². The summed E-state index contributed by atoms with van der Waals surface area (Å²) in [6.07, 6.45) is 81.6. The minimum Gasteiger partial charge on any atom is -0.462 e. The van der Waals surface area contributed by atoms with Crippen molar-refractivity contribution in [2.45, 2.75) is 438 Å². The number of ether oxygens (including phenoxy) is 3. The van der Waals surface area contributed by atoms with Gasteiger partial charge in [-0.2, -0.15) is 0 Å². The van der Waals surface area contributed by atoms with Crippen molar-refractivity contribution in [2.75, 3.05) is 13.2 Å². The topological polar surface area (TPSA) is 78.9 Å². The summed E-state index contributed by atoms with van der Waals surface area (Å²) < 4.78 is 17.0. The van der Waals surface area contributed by atoms with E-state index in [0.717, 1.165) is 57.8 Å². The standard InChI is InChI=1S/C73H142O6/c1-4-7-10-13-16-19-22-25-27-28-29-30-31-32-33-34-35-36-37-38-39-40-41-42-43-44-46-48-51-54-57-60-63-66-72(75)78-69-70(68-77-71(74)65-62-59-56-53-50-47-24-21-18-15-12-9-6-3)79-73(76)67-64-61-58-55-52-49-45-26-23-20-17-14-11-8-5-2/h70H,4-69H2,1-3H3. The zero-order valence-corrected chi connectivity index (χ0v) is 54.2. The van der Waals surface area contributed by atoms with Crippen LogP contribution in [0.5, 0.6) is 0 Å². The molecular weight excluding hydrogens is 973 g/mol. The van der Waals surface area contributed by atoms with Crippen molar-refractivity contribution in [1.29, 1.82) is 0 Å². The predicted octanol–water partition coefficient (Wildman–Crippen LogP) is 25.0. The van der Waals surface area contributed by atoms with Crippen LogP contribution in [0.15, 0.2) is 0 Å². The summed E-state index contributed by atoms with van der Waals surface area (Å²) in [6, 6.07) is 0. The molecule has 0 aliphatic heterocycles. The summed E-state index contributed by atoms with van der Waals surface area (Å²) in [7, 11) is 0. The first-order valence-corrected chi connectivity index (χ1v) is 36.5. The van der Waals surface area contributed by atoms with Gasteiger partial charge in [-0.05, 0) is 19.3 Å². The summed E-state index contributed by atoms with van der Waals surface area (Å²) in [5, 5.41) is 0. The fraction of sp³-hybridized carbons (Fsp3) is 0.959. The van der Waals surface area contributed by atoms with Crippen LogP contribution in [0.25, 0.3) is 0 Å². The van der Waals surface area contributed by atoms with Gasteiger partial charge in [0.1, 0.15) is 13.2 Å². The molecule has 6 heteroatoms. The molecule has 0 aliphatic rings. The van der Waals surface area contributed by atoms with Crippen molar-refractivity contribution in [3.63, 3.8) is 0 Å². The van der Waals surface area contributed by atoms with Crippen LogP contribution in [0, 0.1) is 0 Å². The molecule has 0 saturated heterocycles. The Labute approximate surface area is 495 Å². The average molecular weight is 1120 g/mol. The highest BCUT2D eigenvalue weighted by Gasteiger charge is 2.20. The first-order chi connectivity index (χ1) is 39.0. The van der Waals surface area contributed by atoms with E-state index in [4.69, 9.17) is 14.2 Å². The lowest BCUT2D eigenvalue weighted by Gasteiger charge is -2.18. The van der Waals surface area contributed by atoms with Gasteiger partial charge in [-0.15, -0.1) is 0 Å². The normalized spacial score (nSPS) is 11.9. The van der Waals surface area contributed by atoms with Gasteiger partial charge in [0.2, 0.25) is 0 Å². The number of carbonyl (C=O) groups excluding carboxylic acids is 3. The van der Waals surface area contributed by atoms with E-state index >= 15 is 0 Å². The van der Waals surface area contributed by atoms with Gasteiger partial charge in [0, 0.05) is 19.3 Å². The van der Waals surface area contributed by atoms with Crippen molar-refractivity contribution in [3.8, 4) is 0 Å². The Morgan fingerprint density at radius 3 is 0.506 bits per heavy atom. The number of rotatable bonds is 69. The number of carbonyl (C=O) groups is 3. The summed E-state index contributed by atoms with van der Waals surface area (Å²) in [4.78, 5) is 38.3. The van der Waals surface area contributed by atoms with Crippen LogP contribution in [0.3, 0.4) is 0 Å². The Hall–Kier alpha value is -1.59. The lowest BCUT2D eigenvalue weighted by atomic mass is 10.0. The molecule has 0 bridgehead atoms. The Morgan fingerprint density at radius 1 is 0.203 bits per heavy atom. The molecule has 1 unspecified atom stereocenters. The van der Waals surface area contributed by atoms with E-state index in [2.05, 4.69) is 20.8 Å². The zero-order valence-electron chi connectivity index (χ0n) is 54.2. The predicted molar refractivity (Wildman–Crippen MR) is 344 cm³/mol. The molecule has 0 radical (unpaired) electrons. The molecule has 79 heavy (non-hydrogen) atoms. The van der Waals surface area contributed by atoms with Gasteiger partial charge in [0.05, 0.1) is 0 Å². The lowest BCUT2D eigenvalue weighted by molar-refractivity contribution is -0.167. The molecule has 0 aliphatic carbocycles. The maximum Gasteiger partial charge on any atom is 0.306 e. The Kier molecular flexibility index (Phi) is 67.5. The summed E-state index contributed by atoms with van der Waals surface area (Å²) in [6.45, 7) is 6.73. The van der Waals surface area contributed by atoms with E-state index in [0.29, 0.717) is 19.3 Å². The molecule has 0 saturated carbocycles. The van der Waals surface area contributed by atoms with Crippen LogP contribution in [-0.4, -0.2) is 37.2 Å². The molecule has 0 aromatic heterocycles. The fourth-order valence-corrected chi connectivity index (χ4v) is 11.6. The smallest absolute Gasteiger partial charge is 0.306 e. The molecule has 6 nitrogen and oxygen atoms in total. The summed E-state index contributed by atoms with van der Waals surface area (Å²) in [5.74, 6) is -0.823. The molecular formula is C73H142O6. The van der Waals surface area contributed by atoms with Crippen molar-refractivity contribution in [3.05, 3.63) is 0 Å². The largest absolute Gasteiger partial charge is 0.462 e. The van der Waals surface area contributed by atoms with Crippen molar-refractivity contribution in [1.82, 2.24) is 0 Å². The highest BCUT2D eigenvalue weighted by atomic mass is 16.6. The third-order valence-corrected chi connectivity index (χ3v) is 17.1. The molecule has 0 aromatic rings. The van der Waals surface area contributed by atoms with Crippen LogP contribution in [0.2, 0.25) is 0 Å². The quantitative estimate of drug-likeness (QED) is 0.0343. The maximum atomic E-state index is 12.9. The highest BCUT2D eigenvalue weighted by molar-refractivity contribution is 5.71. The van der Waals surface area contributed by atoms with Gasteiger partial charge in [-0.25, -0.2) is 0 Å². The minimum atomic E-state index is -0.763. The second kappa shape index (κ2) is 68.9. The SMILES string of the molecule is CCCCCCCCCCCCCCCCCCCCCCCCCCCCCCCCCCCC(=O)OCC(COC(=O)CCCCCCCCCCCCCCC)OC(=O)CCCCCCCCCCCCCCCCC. The van der Waals surface area contributed by atoms with Gasteiger partial charge in [0.25, 0.3) is 0 Å². The first kappa shape index (κ1) is 77.4. The Bertz CT molecular complexity index is 1190. The third-order valence-electron chi connectivity index (χ3n) is 17.1. The highest BCUT2D eigenvalue weighted by Crippen LogP contribution is 2.20. The number of hydrogen-bond acceptors (Lipinski definition) is 6. The van der Waals surface area contributed by atoms with Gasteiger partial charge in [0.15, 0.2) is 6.10 Å². The van der Waals surface area contributed by atoms with Crippen molar-refractivity contribution >= 4 is 17.9 Å². The molecule has 0 N–H and O–H groups in total. The lowest BCUT2D eigenvalue weighted by Crippen LogP contribution is -2.30. The average Bonchev–Trinajstić information content (AvgIpc) is 3.45. The van der Waals surface area contributed by atoms with E-state index in [9.17, 15) is 14.4 Å². The monoisotopic (exact) mass is 1120 g/mol. The molecule has 0 aromatic carbocycles. The summed E-state index contributed by atoms with van der Waals surface area (Å²) >= 11 is 0. The molecule has 0 rings (SSSR count). The molecule has 0 fully saturated rings. The molecule has 0 heterocycles. The van der Waals surface area contributed by atoms with Gasteiger partial charge < -0.3 is 14.2 Å². The van der Waals surface area contributed by atoms with Gasteiger partial charge >= 0.3 is 17.9 Å². The van der Waals surface area contributed by atoms with Gasteiger partial charge in [-0.3, -0.25) is 14.4 Å². The van der Waals surface area contributed by atoms with E-state index in [-0.39, 0.29) is 31.1 Å². The Morgan fingerprint density at radius 2 is 0.342 bits per heavy atom. The van der Waals surface area contributed by atoms with Gasteiger partial charge in [-0.1, -0.05) is 393 Å². The molecule has 0 amide bonds. The van der Waals surface area contributed by atoms with Crippen LogP contribution in [0.1, 0.15) is 432 Å². The number of unbranched alkanes of at least 4 members (excludes halogenated alkanes) is 58.